The van der Waals surface area contributed by atoms with Gasteiger partial charge < -0.3 is 10.1 Å². The summed E-state index contributed by atoms with van der Waals surface area (Å²) in [5, 5.41) is 5.35. The average molecular weight is 195 g/mol. The molecule has 4 atom stereocenters. The number of hydrogen-bond donors (Lipinski definition) is 1. The standard InChI is InChI=1S/C8H9N3OS/c1-4-7-6(10-1)8(12-4)11-3-9-2-5(11)13-7/h2-4,6-8,10H,1H2. The highest BCUT2D eigenvalue weighted by Crippen LogP contribution is 2.48. The molecular formula is C8H9N3OS. The van der Waals surface area contributed by atoms with Gasteiger partial charge in [-0.2, -0.15) is 0 Å². The van der Waals surface area contributed by atoms with Crippen LogP contribution in [0.2, 0.25) is 0 Å². The predicted octanol–water partition coefficient (Wildman–Crippen LogP) is 0.227. The molecule has 3 aliphatic rings. The average Bonchev–Trinajstić information content (AvgIpc) is 2.81. The van der Waals surface area contributed by atoms with E-state index in [0.717, 1.165) is 6.54 Å². The van der Waals surface area contributed by atoms with E-state index in [9.17, 15) is 0 Å². The van der Waals surface area contributed by atoms with Crippen LogP contribution < -0.4 is 5.32 Å². The molecule has 0 saturated carbocycles. The molecule has 1 aromatic rings. The minimum Gasteiger partial charge on any atom is -0.350 e. The first-order valence-electron chi connectivity index (χ1n) is 4.51. The molecule has 0 aromatic carbocycles. The molecule has 4 rings (SSSR count). The SMILES string of the molecule is c1ncn2c1SC1C3CNC1C2O3. The predicted molar refractivity (Wildman–Crippen MR) is 47.6 cm³/mol. The van der Waals surface area contributed by atoms with Gasteiger partial charge in [-0.05, 0) is 0 Å². The van der Waals surface area contributed by atoms with E-state index in [4.69, 9.17) is 4.74 Å². The molecule has 4 unspecified atom stereocenters. The summed E-state index contributed by atoms with van der Waals surface area (Å²) >= 11 is 1.90. The van der Waals surface area contributed by atoms with Crippen molar-refractivity contribution in [1.29, 1.82) is 0 Å². The second-order valence-electron chi connectivity index (χ2n) is 3.72. The molecule has 0 radical (unpaired) electrons. The maximum Gasteiger partial charge on any atom is 0.152 e. The van der Waals surface area contributed by atoms with Gasteiger partial charge in [-0.1, -0.05) is 11.8 Å². The van der Waals surface area contributed by atoms with E-state index in [1.165, 1.54) is 5.03 Å². The number of thioether (sulfide) groups is 1. The minimum absolute atomic E-state index is 0.197. The quantitative estimate of drug-likeness (QED) is 0.643. The van der Waals surface area contributed by atoms with E-state index in [-0.39, 0.29) is 6.23 Å². The highest BCUT2D eigenvalue weighted by molar-refractivity contribution is 8.00. The first kappa shape index (κ1) is 6.86. The van der Waals surface area contributed by atoms with Crippen LogP contribution in [0.5, 0.6) is 0 Å². The largest absolute Gasteiger partial charge is 0.350 e. The van der Waals surface area contributed by atoms with Gasteiger partial charge in [0.2, 0.25) is 0 Å². The molecule has 0 aliphatic carbocycles. The van der Waals surface area contributed by atoms with Gasteiger partial charge in [0.25, 0.3) is 0 Å². The van der Waals surface area contributed by atoms with Gasteiger partial charge in [0, 0.05) is 6.54 Å². The normalized spacial score (nSPS) is 45.2. The van der Waals surface area contributed by atoms with Crippen molar-refractivity contribution in [2.24, 2.45) is 0 Å². The van der Waals surface area contributed by atoms with Crippen molar-refractivity contribution in [1.82, 2.24) is 14.9 Å². The zero-order valence-electron chi connectivity index (χ0n) is 6.88. The zero-order valence-corrected chi connectivity index (χ0v) is 7.70. The summed E-state index contributed by atoms with van der Waals surface area (Å²) in [6, 6.07) is 0.497. The number of aromatic nitrogens is 2. The van der Waals surface area contributed by atoms with E-state index >= 15 is 0 Å². The lowest BCUT2D eigenvalue weighted by Gasteiger charge is -2.28. The Kier molecular flexibility index (Phi) is 1.11. The van der Waals surface area contributed by atoms with Crippen molar-refractivity contribution in [2.75, 3.05) is 6.54 Å². The molecule has 13 heavy (non-hydrogen) atoms. The summed E-state index contributed by atoms with van der Waals surface area (Å²) in [5.74, 6) is 0. The first-order chi connectivity index (χ1) is 6.43. The van der Waals surface area contributed by atoms with Gasteiger partial charge in [0.05, 0.1) is 34.9 Å². The van der Waals surface area contributed by atoms with Crippen molar-refractivity contribution in [3.05, 3.63) is 12.5 Å². The second-order valence-corrected chi connectivity index (χ2v) is 4.92. The van der Waals surface area contributed by atoms with Gasteiger partial charge in [0.1, 0.15) is 0 Å². The fourth-order valence-corrected chi connectivity index (χ4v) is 3.83. The van der Waals surface area contributed by atoms with Crippen LogP contribution in [0, 0.1) is 0 Å². The Labute approximate surface area is 79.7 Å². The minimum atomic E-state index is 0.197. The number of morpholine rings is 1. The molecule has 1 aromatic heterocycles. The molecule has 4 heterocycles. The Hall–Kier alpha value is -0.520. The number of hydrogen-bond acceptors (Lipinski definition) is 4. The topological polar surface area (TPSA) is 39.1 Å². The van der Waals surface area contributed by atoms with E-state index in [2.05, 4.69) is 14.9 Å². The van der Waals surface area contributed by atoms with E-state index in [1.54, 1.807) is 0 Å². The van der Waals surface area contributed by atoms with Crippen LogP contribution in [0.3, 0.4) is 0 Å². The Morgan fingerprint density at radius 3 is 3.69 bits per heavy atom. The zero-order chi connectivity index (χ0) is 8.41. The number of nitrogens with one attached hydrogen (secondary N) is 1. The number of rotatable bonds is 0. The van der Waals surface area contributed by atoms with Gasteiger partial charge in [-0.3, -0.25) is 4.57 Å². The maximum absolute atomic E-state index is 5.91. The van der Waals surface area contributed by atoms with E-state index in [1.807, 2.05) is 24.3 Å². The van der Waals surface area contributed by atoms with Crippen molar-refractivity contribution < 1.29 is 4.74 Å². The first-order valence-corrected chi connectivity index (χ1v) is 5.39. The Balaban J connectivity index is 1.90. The Morgan fingerprint density at radius 2 is 2.69 bits per heavy atom. The van der Waals surface area contributed by atoms with Gasteiger partial charge in [-0.15, -0.1) is 0 Å². The van der Waals surface area contributed by atoms with Gasteiger partial charge in [0.15, 0.2) is 6.23 Å². The lowest BCUT2D eigenvalue weighted by atomic mass is 10.2. The Morgan fingerprint density at radius 1 is 1.69 bits per heavy atom. The van der Waals surface area contributed by atoms with Crippen LogP contribution in [-0.4, -0.2) is 33.5 Å². The number of ether oxygens (including phenoxy) is 1. The molecule has 2 fully saturated rings. The van der Waals surface area contributed by atoms with Crippen LogP contribution in [0.4, 0.5) is 0 Å². The summed E-state index contributed by atoms with van der Waals surface area (Å²) in [7, 11) is 0. The number of imidazole rings is 1. The highest BCUT2D eigenvalue weighted by Gasteiger charge is 2.53. The summed E-state index contributed by atoms with van der Waals surface area (Å²) < 4.78 is 8.05. The lowest BCUT2D eigenvalue weighted by Crippen LogP contribution is -2.39. The lowest BCUT2D eigenvalue weighted by molar-refractivity contribution is -0.0307. The molecule has 1 N–H and O–H groups in total. The molecule has 4 bridgehead atoms. The van der Waals surface area contributed by atoms with Gasteiger partial charge >= 0.3 is 0 Å². The van der Waals surface area contributed by atoms with Crippen LogP contribution >= 0.6 is 11.8 Å². The van der Waals surface area contributed by atoms with E-state index < -0.39 is 0 Å². The maximum atomic E-state index is 5.91. The molecule has 4 nitrogen and oxygen atoms in total. The third-order valence-corrected chi connectivity index (χ3v) is 4.48. The highest BCUT2D eigenvalue weighted by atomic mass is 32.2. The van der Waals surface area contributed by atoms with Crippen LogP contribution in [-0.2, 0) is 4.74 Å². The molecule has 0 spiro atoms. The van der Waals surface area contributed by atoms with Crippen LogP contribution in [0.15, 0.2) is 17.6 Å². The summed E-state index contributed by atoms with van der Waals surface area (Å²) in [6.07, 6.45) is 4.39. The van der Waals surface area contributed by atoms with Crippen molar-refractivity contribution in [3.63, 3.8) is 0 Å². The third kappa shape index (κ3) is 0.697. The second kappa shape index (κ2) is 2.10. The molecule has 2 saturated heterocycles. The van der Waals surface area contributed by atoms with Crippen LogP contribution in [0.1, 0.15) is 6.23 Å². The monoisotopic (exact) mass is 195 g/mol. The van der Waals surface area contributed by atoms with Crippen molar-refractivity contribution in [3.8, 4) is 0 Å². The molecule has 0 amide bonds. The third-order valence-electron chi connectivity index (χ3n) is 3.06. The summed E-state index contributed by atoms with van der Waals surface area (Å²) in [5.41, 5.74) is 0. The molecule has 5 heteroatoms. The van der Waals surface area contributed by atoms with Crippen LogP contribution in [0.25, 0.3) is 0 Å². The summed E-state index contributed by atoms with van der Waals surface area (Å²) in [4.78, 5) is 4.14. The van der Waals surface area contributed by atoms with Gasteiger partial charge in [-0.25, -0.2) is 4.98 Å². The fourth-order valence-electron chi connectivity index (χ4n) is 2.47. The smallest absolute Gasteiger partial charge is 0.152 e. The number of fused-ring (bicyclic) bond motifs is 2. The Bertz CT molecular complexity index is 366. The fraction of sp³-hybridized carbons (Fsp3) is 0.625. The van der Waals surface area contributed by atoms with Crippen molar-refractivity contribution in [2.45, 2.75) is 28.6 Å². The summed E-state index contributed by atoms with van der Waals surface area (Å²) in [6.45, 7) is 1.01. The molecule has 68 valence electrons. The number of nitrogens with zero attached hydrogens (tertiary/aromatic N) is 2. The molecule has 3 aliphatic heterocycles. The molecular weight excluding hydrogens is 186 g/mol. The van der Waals surface area contributed by atoms with Crippen molar-refractivity contribution >= 4 is 11.8 Å². The van der Waals surface area contributed by atoms with E-state index in [0.29, 0.717) is 17.4 Å².